The maximum absolute atomic E-state index is 5.47. The molecule has 9 heavy (non-hydrogen) atoms. The molecule has 1 rings (SSSR count). The summed E-state index contributed by atoms with van der Waals surface area (Å²) >= 11 is -1.75. The summed E-state index contributed by atoms with van der Waals surface area (Å²) in [5, 5.41) is 0. The second kappa shape index (κ2) is 2.52. The van der Waals surface area contributed by atoms with Crippen molar-refractivity contribution in [3.8, 4) is 0 Å². The molecular formula is C7H14OSn. The molecule has 0 aromatic heterocycles. The molecule has 1 aliphatic heterocycles. The van der Waals surface area contributed by atoms with Crippen LogP contribution in [0.3, 0.4) is 0 Å². The van der Waals surface area contributed by atoms with Gasteiger partial charge in [-0.3, -0.25) is 0 Å². The van der Waals surface area contributed by atoms with Crippen LogP contribution in [-0.4, -0.2) is 25.0 Å². The Labute approximate surface area is 61.0 Å². The summed E-state index contributed by atoms with van der Waals surface area (Å²) in [6, 6.07) is 0. The summed E-state index contributed by atoms with van der Waals surface area (Å²) in [6.45, 7) is 0.934. The predicted octanol–water partition coefficient (Wildman–Crippen LogP) is 2.17. The molecule has 0 radical (unpaired) electrons. The van der Waals surface area contributed by atoms with E-state index in [0.717, 1.165) is 13.0 Å². The van der Waals surface area contributed by atoms with Crippen molar-refractivity contribution in [2.75, 3.05) is 6.61 Å². The van der Waals surface area contributed by atoms with Gasteiger partial charge in [-0.1, -0.05) is 0 Å². The second-order valence-electron chi connectivity index (χ2n) is 3.46. The van der Waals surface area contributed by atoms with Crippen LogP contribution in [0, 0.1) is 0 Å². The van der Waals surface area contributed by atoms with Crippen molar-refractivity contribution in [1.82, 2.24) is 0 Å². The molecule has 0 unspecified atom stereocenters. The van der Waals surface area contributed by atoms with E-state index in [1.54, 1.807) is 0 Å². The molecule has 0 amide bonds. The van der Waals surface area contributed by atoms with Gasteiger partial charge in [0, 0.05) is 0 Å². The molecule has 0 aliphatic carbocycles. The Morgan fingerprint density at radius 1 is 1.44 bits per heavy atom. The maximum atomic E-state index is 5.47. The summed E-state index contributed by atoms with van der Waals surface area (Å²) in [6.07, 6.45) is 3.42. The fourth-order valence-electron chi connectivity index (χ4n) is 0.941. The molecular weight excluding hydrogens is 219 g/mol. The normalized spacial score (nSPS) is 19.2. The zero-order valence-corrected chi connectivity index (χ0v) is 9.25. The van der Waals surface area contributed by atoms with Crippen molar-refractivity contribution in [1.29, 1.82) is 0 Å². The molecule has 0 bridgehead atoms. The first-order chi connectivity index (χ1) is 4.11. The molecule has 0 aromatic rings. The standard InChI is InChI=1S/C4H5O.3CH3.Sn/c1-2-4-5-3-1;;;;/h1H,2,4H2;3*1H3;. The Morgan fingerprint density at radius 2 is 2.11 bits per heavy atom. The van der Waals surface area contributed by atoms with Gasteiger partial charge in [-0.2, -0.15) is 0 Å². The minimum absolute atomic E-state index is 0.934. The fraction of sp³-hybridized carbons (Fsp3) is 0.714. The van der Waals surface area contributed by atoms with Crippen molar-refractivity contribution in [3.63, 3.8) is 0 Å². The summed E-state index contributed by atoms with van der Waals surface area (Å²) in [5.41, 5.74) is 0. The van der Waals surface area contributed by atoms with E-state index in [9.17, 15) is 0 Å². The molecule has 0 atom stereocenters. The molecule has 0 saturated heterocycles. The number of hydrogen-bond acceptors (Lipinski definition) is 1. The summed E-state index contributed by atoms with van der Waals surface area (Å²) in [4.78, 5) is 7.14. The number of hydrogen-bond donors (Lipinski definition) is 0. The van der Waals surface area contributed by atoms with Crippen LogP contribution < -0.4 is 0 Å². The van der Waals surface area contributed by atoms with Crippen molar-refractivity contribution in [2.45, 2.75) is 21.2 Å². The topological polar surface area (TPSA) is 9.23 Å². The molecule has 0 fully saturated rings. The van der Waals surface area contributed by atoms with Gasteiger partial charge < -0.3 is 0 Å². The predicted molar refractivity (Wildman–Crippen MR) is 42.0 cm³/mol. The monoisotopic (exact) mass is 234 g/mol. The van der Waals surface area contributed by atoms with Crippen LogP contribution >= 0.6 is 0 Å². The van der Waals surface area contributed by atoms with Crippen LogP contribution in [0.2, 0.25) is 14.8 Å². The van der Waals surface area contributed by atoms with Gasteiger partial charge in [0.1, 0.15) is 0 Å². The second-order valence-corrected chi connectivity index (χ2v) is 17.7. The molecule has 1 nitrogen and oxygen atoms in total. The van der Waals surface area contributed by atoms with Gasteiger partial charge in [0.25, 0.3) is 0 Å². The quantitative estimate of drug-likeness (QED) is 0.630. The zero-order chi connectivity index (χ0) is 6.91. The fourth-order valence-corrected chi connectivity index (χ4v) is 4.63. The first kappa shape index (κ1) is 7.45. The Bertz CT molecular complexity index is 132. The van der Waals surface area contributed by atoms with E-state index in [4.69, 9.17) is 4.74 Å². The third kappa shape index (κ3) is 1.88. The summed E-state index contributed by atoms with van der Waals surface area (Å²) < 4.78 is 6.84. The Balaban J connectivity index is 2.61. The van der Waals surface area contributed by atoms with Crippen LogP contribution in [0.5, 0.6) is 0 Å². The van der Waals surface area contributed by atoms with Crippen LogP contribution in [0.25, 0.3) is 0 Å². The van der Waals surface area contributed by atoms with Crippen LogP contribution in [-0.2, 0) is 4.74 Å². The van der Waals surface area contributed by atoms with Gasteiger partial charge in [0.2, 0.25) is 0 Å². The van der Waals surface area contributed by atoms with E-state index in [1.807, 2.05) is 0 Å². The van der Waals surface area contributed by atoms with Gasteiger partial charge in [0.15, 0.2) is 0 Å². The van der Waals surface area contributed by atoms with E-state index in [1.165, 1.54) is 3.78 Å². The third-order valence-electron chi connectivity index (χ3n) is 1.44. The van der Waals surface area contributed by atoms with Crippen LogP contribution in [0.15, 0.2) is 9.85 Å². The minimum atomic E-state index is -1.75. The van der Waals surface area contributed by atoms with E-state index >= 15 is 0 Å². The molecule has 0 N–H and O–H groups in total. The van der Waals surface area contributed by atoms with Crippen molar-refractivity contribution >= 4 is 18.4 Å². The Hall–Kier alpha value is 0.339. The van der Waals surface area contributed by atoms with Gasteiger partial charge >= 0.3 is 60.8 Å². The van der Waals surface area contributed by atoms with E-state index in [0.29, 0.717) is 0 Å². The number of ether oxygens (including phenoxy) is 1. The molecule has 1 aliphatic rings. The van der Waals surface area contributed by atoms with E-state index < -0.39 is 18.4 Å². The Kier molecular flexibility index (Phi) is 2.09. The van der Waals surface area contributed by atoms with Crippen molar-refractivity contribution < 1.29 is 4.74 Å². The SMILES string of the molecule is [CH3][Sn]([CH3])([CH3])[C]1=CCCO1. The zero-order valence-electron chi connectivity index (χ0n) is 6.40. The van der Waals surface area contributed by atoms with Gasteiger partial charge in [-0.25, -0.2) is 0 Å². The molecule has 1 heterocycles. The average Bonchev–Trinajstić information content (AvgIpc) is 2.08. The van der Waals surface area contributed by atoms with Crippen LogP contribution in [0.1, 0.15) is 6.42 Å². The van der Waals surface area contributed by atoms with Gasteiger partial charge in [-0.15, -0.1) is 0 Å². The first-order valence-electron chi connectivity index (χ1n) is 3.44. The molecule has 2 heteroatoms. The Morgan fingerprint density at radius 3 is 2.33 bits per heavy atom. The van der Waals surface area contributed by atoms with E-state index in [-0.39, 0.29) is 0 Å². The van der Waals surface area contributed by atoms with Crippen LogP contribution in [0.4, 0.5) is 0 Å². The molecule has 0 saturated carbocycles. The van der Waals surface area contributed by atoms with Gasteiger partial charge in [-0.05, 0) is 0 Å². The molecule has 0 spiro atoms. The third-order valence-corrected chi connectivity index (χ3v) is 6.66. The van der Waals surface area contributed by atoms with Crippen molar-refractivity contribution in [3.05, 3.63) is 9.85 Å². The summed E-state index contributed by atoms with van der Waals surface area (Å²) in [5.74, 6) is 0. The van der Waals surface area contributed by atoms with Crippen molar-refractivity contribution in [2.24, 2.45) is 0 Å². The van der Waals surface area contributed by atoms with E-state index in [2.05, 4.69) is 20.9 Å². The first-order valence-corrected chi connectivity index (χ1v) is 13.4. The molecule has 52 valence electrons. The van der Waals surface area contributed by atoms with Gasteiger partial charge in [0.05, 0.1) is 0 Å². The summed E-state index contributed by atoms with van der Waals surface area (Å²) in [7, 11) is 0. The average molecular weight is 233 g/mol. The molecule has 0 aromatic carbocycles. The number of rotatable bonds is 1.